The quantitative estimate of drug-likeness (QED) is 0.772. The first-order chi connectivity index (χ1) is 9.09. The maximum Gasteiger partial charge on any atom is 0.233 e. The van der Waals surface area contributed by atoms with Gasteiger partial charge in [-0.3, -0.25) is 14.5 Å². The third-order valence-electron chi connectivity index (χ3n) is 5.65. The molecule has 106 valence electrons. The summed E-state index contributed by atoms with van der Waals surface area (Å²) in [6.07, 6.45) is 6.73. The molecule has 0 spiro atoms. The van der Waals surface area contributed by atoms with Gasteiger partial charge in [0.15, 0.2) is 0 Å². The van der Waals surface area contributed by atoms with Crippen molar-refractivity contribution in [1.29, 1.82) is 0 Å². The molecule has 1 heterocycles. The SMILES string of the molecule is CC1CCC(CN)(N2C(=O)C3CCCC3C2=O)CC1. The summed E-state index contributed by atoms with van der Waals surface area (Å²) in [5, 5.41) is 0. The molecule has 0 aromatic heterocycles. The van der Waals surface area contributed by atoms with Crippen LogP contribution in [0.15, 0.2) is 0 Å². The highest BCUT2D eigenvalue weighted by Gasteiger charge is 2.56. The van der Waals surface area contributed by atoms with Crippen molar-refractivity contribution in [3.63, 3.8) is 0 Å². The normalized spacial score (nSPS) is 42.8. The van der Waals surface area contributed by atoms with Crippen molar-refractivity contribution >= 4 is 11.8 Å². The Kier molecular flexibility index (Phi) is 3.16. The van der Waals surface area contributed by atoms with Crippen molar-refractivity contribution in [2.75, 3.05) is 6.54 Å². The molecule has 3 fully saturated rings. The van der Waals surface area contributed by atoms with Crippen LogP contribution < -0.4 is 5.73 Å². The zero-order valence-corrected chi connectivity index (χ0v) is 11.7. The van der Waals surface area contributed by atoms with E-state index in [1.165, 1.54) is 0 Å². The number of hydrogen-bond acceptors (Lipinski definition) is 3. The van der Waals surface area contributed by atoms with Gasteiger partial charge in [-0.15, -0.1) is 0 Å². The Morgan fingerprint density at radius 1 is 1.11 bits per heavy atom. The van der Waals surface area contributed by atoms with Gasteiger partial charge in [-0.05, 0) is 44.4 Å². The van der Waals surface area contributed by atoms with Crippen molar-refractivity contribution in [2.24, 2.45) is 23.5 Å². The highest BCUT2D eigenvalue weighted by Crippen LogP contribution is 2.46. The first-order valence-electron chi connectivity index (χ1n) is 7.67. The van der Waals surface area contributed by atoms with Gasteiger partial charge in [-0.2, -0.15) is 0 Å². The van der Waals surface area contributed by atoms with Gasteiger partial charge in [0.25, 0.3) is 0 Å². The van der Waals surface area contributed by atoms with Gasteiger partial charge < -0.3 is 5.73 Å². The summed E-state index contributed by atoms with van der Waals surface area (Å²) in [6.45, 7) is 2.67. The van der Waals surface area contributed by atoms with Crippen LogP contribution in [0.5, 0.6) is 0 Å². The number of likely N-dealkylation sites (tertiary alicyclic amines) is 1. The van der Waals surface area contributed by atoms with Gasteiger partial charge >= 0.3 is 0 Å². The van der Waals surface area contributed by atoms with Crippen LogP contribution in [0.25, 0.3) is 0 Å². The molecule has 0 aromatic rings. The topological polar surface area (TPSA) is 63.4 Å². The summed E-state index contributed by atoms with van der Waals surface area (Å²) in [5.74, 6) is 0.775. The molecule has 0 radical (unpaired) electrons. The smallest absolute Gasteiger partial charge is 0.233 e. The minimum atomic E-state index is -0.370. The third kappa shape index (κ3) is 1.83. The standard InChI is InChI=1S/C15H24N2O2/c1-10-5-7-15(9-16,8-6-10)17-13(18)11-3-2-4-12(11)14(17)19/h10-12H,2-9,16H2,1H3. The lowest BCUT2D eigenvalue weighted by Gasteiger charge is -2.44. The number of nitrogens with two attached hydrogens (primary N) is 1. The largest absolute Gasteiger partial charge is 0.328 e. The summed E-state index contributed by atoms with van der Waals surface area (Å²) < 4.78 is 0. The predicted octanol–water partition coefficient (Wildman–Crippen LogP) is 1.68. The number of carbonyl (C=O) groups excluding carboxylic acids is 2. The number of amides is 2. The van der Waals surface area contributed by atoms with E-state index in [1.54, 1.807) is 4.90 Å². The zero-order chi connectivity index (χ0) is 13.6. The van der Waals surface area contributed by atoms with Gasteiger partial charge in [-0.1, -0.05) is 13.3 Å². The molecule has 2 N–H and O–H groups in total. The van der Waals surface area contributed by atoms with Gasteiger partial charge in [0, 0.05) is 6.54 Å². The van der Waals surface area contributed by atoms with Crippen LogP contribution in [0.4, 0.5) is 0 Å². The van der Waals surface area contributed by atoms with Gasteiger partial charge in [-0.25, -0.2) is 0 Å². The second-order valence-corrected chi connectivity index (χ2v) is 6.77. The number of fused-ring (bicyclic) bond motifs is 1. The van der Waals surface area contributed by atoms with E-state index in [2.05, 4.69) is 6.92 Å². The first-order valence-corrected chi connectivity index (χ1v) is 7.67. The van der Waals surface area contributed by atoms with Crippen LogP contribution in [0.2, 0.25) is 0 Å². The summed E-state index contributed by atoms with van der Waals surface area (Å²) in [4.78, 5) is 26.8. The van der Waals surface area contributed by atoms with Crippen LogP contribution in [0.1, 0.15) is 51.9 Å². The molecular weight excluding hydrogens is 240 g/mol. The number of carbonyl (C=O) groups is 2. The Morgan fingerprint density at radius 2 is 1.63 bits per heavy atom. The average Bonchev–Trinajstić information content (AvgIpc) is 2.97. The molecular formula is C15H24N2O2. The van der Waals surface area contributed by atoms with Crippen LogP contribution in [-0.4, -0.2) is 28.8 Å². The van der Waals surface area contributed by atoms with Crippen LogP contribution in [-0.2, 0) is 9.59 Å². The number of hydrogen-bond donors (Lipinski definition) is 1. The maximum atomic E-state index is 12.6. The Balaban J connectivity index is 1.88. The molecule has 2 amide bonds. The van der Waals surface area contributed by atoms with E-state index in [1.807, 2.05) is 0 Å². The summed E-state index contributed by atoms with van der Waals surface area (Å²) in [7, 11) is 0. The van der Waals surface area contributed by atoms with E-state index in [4.69, 9.17) is 5.73 Å². The van der Waals surface area contributed by atoms with Gasteiger partial charge in [0.1, 0.15) is 0 Å². The van der Waals surface area contributed by atoms with Crippen LogP contribution in [0, 0.1) is 17.8 Å². The Bertz CT molecular complexity index is 377. The first kappa shape index (κ1) is 13.1. The molecule has 0 bridgehead atoms. The van der Waals surface area contributed by atoms with E-state index in [0.29, 0.717) is 12.5 Å². The zero-order valence-electron chi connectivity index (χ0n) is 11.7. The average molecular weight is 264 g/mol. The highest BCUT2D eigenvalue weighted by atomic mass is 16.2. The minimum Gasteiger partial charge on any atom is -0.328 e. The molecule has 2 aliphatic carbocycles. The second kappa shape index (κ2) is 4.58. The third-order valence-corrected chi connectivity index (χ3v) is 5.65. The Hall–Kier alpha value is -0.900. The maximum absolute atomic E-state index is 12.6. The number of rotatable bonds is 2. The van der Waals surface area contributed by atoms with E-state index >= 15 is 0 Å². The second-order valence-electron chi connectivity index (χ2n) is 6.77. The van der Waals surface area contributed by atoms with Gasteiger partial charge in [0.05, 0.1) is 17.4 Å². The molecule has 4 heteroatoms. The van der Waals surface area contributed by atoms with Crippen molar-refractivity contribution in [1.82, 2.24) is 4.90 Å². The summed E-state index contributed by atoms with van der Waals surface area (Å²) in [5.41, 5.74) is 5.62. The Morgan fingerprint density at radius 3 is 2.11 bits per heavy atom. The van der Waals surface area contributed by atoms with Crippen molar-refractivity contribution in [3.8, 4) is 0 Å². The lowest BCUT2D eigenvalue weighted by molar-refractivity contribution is -0.149. The van der Waals surface area contributed by atoms with E-state index in [-0.39, 0.29) is 29.2 Å². The van der Waals surface area contributed by atoms with Crippen LogP contribution >= 0.6 is 0 Å². The molecule has 2 unspecified atom stereocenters. The fourth-order valence-corrected chi connectivity index (χ4v) is 4.28. The summed E-state index contributed by atoms with van der Waals surface area (Å²) >= 11 is 0. The van der Waals surface area contributed by atoms with E-state index < -0.39 is 0 Å². The molecule has 0 aromatic carbocycles. The highest BCUT2D eigenvalue weighted by molar-refractivity contribution is 6.06. The lowest BCUT2D eigenvalue weighted by atomic mass is 9.76. The molecule has 2 atom stereocenters. The van der Waals surface area contributed by atoms with Gasteiger partial charge in [0.2, 0.25) is 11.8 Å². The van der Waals surface area contributed by atoms with Crippen LogP contribution in [0.3, 0.4) is 0 Å². The van der Waals surface area contributed by atoms with Crippen molar-refractivity contribution in [3.05, 3.63) is 0 Å². The molecule has 4 nitrogen and oxygen atoms in total. The minimum absolute atomic E-state index is 0.0322. The van der Waals surface area contributed by atoms with Crippen molar-refractivity contribution in [2.45, 2.75) is 57.4 Å². The fourth-order valence-electron chi connectivity index (χ4n) is 4.28. The fraction of sp³-hybridized carbons (Fsp3) is 0.867. The monoisotopic (exact) mass is 264 g/mol. The predicted molar refractivity (Wildman–Crippen MR) is 72.1 cm³/mol. The molecule has 1 aliphatic heterocycles. The molecule has 2 saturated carbocycles. The molecule has 19 heavy (non-hydrogen) atoms. The molecule has 1 saturated heterocycles. The number of imide groups is 1. The molecule has 3 rings (SSSR count). The molecule has 3 aliphatic rings. The Labute approximate surface area is 114 Å². The van der Waals surface area contributed by atoms with E-state index in [9.17, 15) is 9.59 Å². The number of nitrogens with zero attached hydrogens (tertiary/aromatic N) is 1. The summed E-state index contributed by atoms with van der Waals surface area (Å²) in [6, 6.07) is 0. The van der Waals surface area contributed by atoms with E-state index in [0.717, 1.165) is 44.9 Å². The lowest BCUT2D eigenvalue weighted by Crippen LogP contribution is -2.58. The van der Waals surface area contributed by atoms with Crippen molar-refractivity contribution < 1.29 is 9.59 Å².